The lowest BCUT2D eigenvalue weighted by Gasteiger charge is -2.15. The summed E-state index contributed by atoms with van der Waals surface area (Å²) in [6.07, 6.45) is 0.438. The zero-order valence-electron chi connectivity index (χ0n) is 13.3. The summed E-state index contributed by atoms with van der Waals surface area (Å²) in [5, 5.41) is 14.8. The van der Waals surface area contributed by atoms with Gasteiger partial charge in [0.25, 0.3) is 0 Å². The molecule has 1 unspecified atom stereocenters. The Kier molecular flexibility index (Phi) is 6.85. The molecule has 3 N–H and O–H groups in total. The van der Waals surface area contributed by atoms with Gasteiger partial charge in [-0.05, 0) is 30.7 Å². The molecule has 10 heteroatoms. The molecule has 0 amide bonds. The van der Waals surface area contributed by atoms with Crippen molar-refractivity contribution in [1.82, 2.24) is 15.4 Å². The van der Waals surface area contributed by atoms with Gasteiger partial charge in [0.15, 0.2) is 5.78 Å². The number of benzene rings is 1. The number of halogens is 1. The van der Waals surface area contributed by atoms with E-state index in [0.717, 1.165) is 12.3 Å². The van der Waals surface area contributed by atoms with E-state index in [1.807, 2.05) is 6.07 Å². The van der Waals surface area contributed by atoms with Crippen molar-refractivity contribution in [2.75, 3.05) is 18.8 Å². The van der Waals surface area contributed by atoms with Gasteiger partial charge in [0.05, 0.1) is 22.6 Å². The largest absolute Gasteiger partial charge is 0.306 e. The number of nitrogens with zero attached hydrogens (tertiary/aromatic N) is 1. The second kappa shape index (κ2) is 8.49. The topological polar surface area (TPSA) is 111 Å². The summed E-state index contributed by atoms with van der Waals surface area (Å²) in [4.78, 5) is 12.5. The Morgan fingerprint density at radius 3 is 2.60 bits per heavy atom. The normalized spacial score (nSPS) is 26.0. The first-order valence-corrected chi connectivity index (χ1v) is 10.2. The minimum Gasteiger partial charge on any atom is -0.306 e. The van der Waals surface area contributed by atoms with Crippen LogP contribution in [-0.4, -0.2) is 50.5 Å². The van der Waals surface area contributed by atoms with Gasteiger partial charge in [0, 0.05) is 24.9 Å². The lowest BCUT2D eigenvalue weighted by Crippen LogP contribution is -2.41. The van der Waals surface area contributed by atoms with Gasteiger partial charge in [-0.2, -0.15) is 5.26 Å². The van der Waals surface area contributed by atoms with Crippen molar-refractivity contribution >= 4 is 40.0 Å². The van der Waals surface area contributed by atoms with Crippen LogP contribution in [0.1, 0.15) is 12.0 Å². The molecule has 2 fully saturated rings. The number of carbonyl (C=O) groups is 1. The number of ketones is 1. The number of rotatable bonds is 5. The molecule has 2 heterocycles. The van der Waals surface area contributed by atoms with Crippen LogP contribution in [0.25, 0.3) is 0 Å². The lowest BCUT2D eigenvalue weighted by molar-refractivity contribution is -0.120. The van der Waals surface area contributed by atoms with Crippen LogP contribution in [0.2, 0.25) is 0 Å². The Hall–Kier alpha value is -1.15. The summed E-state index contributed by atoms with van der Waals surface area (Å²) in [5.74, 6) is 0.996. The molecule has 2 aliphatic heterocycles. The van der Waals surface area contributed by atoms with Crippen LogP contribution in [0.4, 0.5) is 0 Å². The second-order valence-corrected chi connectivity index (χ2v) is 8.69. The molecule has 7 nitrogen and oxygen atoms in total. The summed E-state index contributed by atoms with van der Waals surface area (Å²) in [5.41, 5.74) is 0.406. The highest BCUT2D eigenvalue weighted by Gasteiger charge is 2.36. The molecule has 25 heavy (non-hydrogen) atoms. The molecule has 136 valence electrons. The fraction of sp³-hybridized carbons (Fsp3) is 0.467. The second-order valence-electron chi connectivity index (χ2n) is 5.76. The van der Waals surface area contributed by atoms with Crippen molar-refractivity contribution in [2.45, 2.75) is 28.8 Å². The van der Waals surface area contributed by atoms with Gasteiger partial charge < -0.3 is 5.32 Å². The predicted molar refractivity (Wildman–Crippen MR) is 98.2 cm³/mol. The molecule has 1 aromatic carbocycles. The fourth-order valence-electron chi connectivity index (χ4n) is 2.83. The molecule has 0 saturated carbocycles. The van der Waals surface area contributed by atoms with E-state index in [4.69, 9.17) is 5.26 Å². The van der Waals surface area contributed by atoms with Gasteiger partial charge in [-0.25, -0.2) is 13.1 Å². The Bertz CT molecular complexity index is 758. The first-order valence-electron chi connectivity index (χ1n) is 7.64. The van der Waals surface area contributed by atoms with Crippen LogP contribution < -0.4 is 15.4 Å². The zero-order chi connectivity index (χ0) is 17.2. The van der Waals surface area contributed by atoms with Crippen LogP contribution in [0.3, 0.4) is 0 Å². The number of thioether (sulfide) groups is 1. The van der Waals surface area contributed by atoms with Gasteiger partial charge in [-0.1, -0.05) is 0 Å². The van der Waals surface area contributed by atoms with Gasteiger partial charge in [-0.15, -0.1) is 24.2 Å². The number of hydrogen-bond donors (Lipinski definition) is 3. The van der Waals surface area contributed by atoms with E-state index < -0.39 is 10.0 Å². The van der Waals surface area contributed by atoms with Crippen molar-refractivity contribution < 1.29 is 13.2 Å². The van der Waals surface area contributed by atoms with Crippen molar-refractivity contribution in [3.63, 3.8) is 0 Å². The summed E-state index contributed by atoms with van der Waals surface area (Å²) in [7, 11) is -3.67. The number of Topliss-reactive ketones (excluding diaryl/α,β-unsaturated/α-hetero) is 1. The third-order valence-electron chi connectivity index (χ3n) is 4.06. The predicted octanol–water partition coefficient (Wildman–Crippen LogP) is 0.220. The summed E-state index contributed by atoms with van der Waals surface area (Å²) >= 11 is 1.59. The standard InChI is InChI=1S/C15H18N4O3S2.ClH/c16-8-10-1-3-12(4-2-10)24(21,22)19-11-7-13(18-9-11)14(20)15-17-5-6-23-15;/h1-4,11,13,15,17-19H,5-7,9H2;1H/t11-,13-,15?;/m0./s1. The van der Waals surface area contributed by atoms with Crippen LogP contribution >= 0.6 is 24.2 Å². The van der Waals surface area contributed by atoms with E-state index in [2.05, 4.69) is 15.4 Å². The van der Waals surface area contributed by atoms with Crippen molar-refractivity contribution in [3.05, 3.63) is 29.8 Å². The number of hydrogen-bond acceptors (Lipinski definition) is 7. The smallest absolute Gasteiger partial charge is 0.240 e. The monoisotopic (exact) mass is 402 g/mol. The third-order valence-corrected chi connectivity index (χ3v) is 6.77. The molecule has 2 saturated heterocycles. The van der Waals surface area contributed by atoms with Crippen LogP contribution in [0, 0.1) is 11.3 Å². The van der Waals surface area contributed by atoms with E-state index in [9.17, 15) is 13.2 Å². The summed E-state index contributed by atoms with van der Waals surface area (Å²) in [6.45, 7) is 1.24. The van der Waals surface area contributed by atoms with E-state index in [1.165, 1.54) is 24.3 Å². The minimum atomic E-state index is -3.67. The molecule has 0 bridgehead atoms. The van der Waals surface area contributed by atoms with Crippen LogP contribution in [0.15, 0.2) is 29.2 Å². The minimum absolute atomic E-state index is 0. The first-order chi connectivity index (χ1) is 11.5. The first kappa shape index (κ1) is 20.2. The fourth-order valence-corrected chi connectivity index (χ4v) is 5.11. The highest BCUT2D eigenvalue weighted by Crippen LogP contribution is 2.20. The number of sulfonamides is 1. The quantitative estimate of drug-likeness (QED) is 0.646. The van der Waals surface area contributed by atoms with E-state index in [-0.39, 0.29) is 40.5 Å². The number of nitriles is 1. The lowest BCUT2D eigenvalue weighted by atomic mass is 10.1. The molecule has 0 radical (unpaired) electrons. The molecule has 0 spiro atoms. The molecular formula is C15H19ClN4O3S2. The van der Waals surface area contributed by atoms with Gasteiger partial charge in [0.2, 0.25) is 10.0 Å². The molecule has 3 rings (SSSR count). The maximum atomic E-state index is 12.4. The van der Waals surface area contributed by atoms with Crippen molar-refractivity contribution in [3.8, 4) is 6.07 Å². The van der Waals surface area contributed by atoms with Gasteiger partial charge >= 0.3 is 0 Å². The van der Waals surface area contributed by atoms with Gasteiger partial charge in [-0.3, -0.25) is 10.1 Å². The Morgan fingerprint density at radius 2 is 2.00 bits per heavy atom. The van der Waals surface area contributed by atoms with Crippen LogP contribution in [-0.2, 0) is 14.8 Å². The average molecular weight is 403 g/mol. The molecule has 1 aromatic rings. The Morgan fingerprint density at radius 1 is 1.28 bits per heavy atom. The molecule has 0 aromatic heterocycles. The Labute approximate surface area is 157 Å². The van der Waals surface area contributed by atoms with Crippen LogP contribution in [0.5, 0.6) is 0 Å². The molecule has 2 aliphatic rings. The summed E-state index contributed by atoms with van der Waals surface area (Å²) in [6, 6.07) is 7.05. The van der Waals surface area contributed by atoms with E-state index >= 15 is 0 Å². The maximum Gasteiger partial charge on any atom is 0.240 e. The third kappa shape index (κ3) is 4.73. The van der Waals surface area contributed by atoms with E-state index in [0.29, 0.717) is 18.5 Å². The molecule has 0 aliphatic carbocycles. The highest BCUT2D eigenvalue weighted by molar-refractivity contribution is 8.00. The zero-order valence-corrected chi connectivity index (χ0v) is 15.7. The molecular weight excluding hydrogens is 384 g/mol. The number of nitrogens with one attached hydrogen (secondary N) is 3. The van der Waals surface area contributed by atoms with Crippen molar-refractivity contribution in [1.29, 1.82) is 5.26 Å². The molecule has 3 atom stereocenters. The Balaban J connectivity index is 0.00000225. The highest BCUT2D eigenvalue weighted by atomic mass is 35.5. The number of carbonyl (C=O) groups excluding carboxylic acids is 1. The van der Waals surface area contributed by atoms with E-state index in [1.54, 1.807) is 11.8 Å². The summed E-state index contributed by atoms with van der Waals surface area (Å²) < 4.78 is 27.4. The SMILES string of the molecule is Cl.N#Cc1ccc(S(=O)(=O)N[C@@H]2CN[C@H](C(=O)C3NCCS3)C2)cc1. The maximum absolute atomic E-state index is 12.4. The van der Waals surface area contributed by atoms with Gasteiger partial charge in [0.1, 0.15) is 5.37 Å². The van der Waals surface area contributed by atoms with Crippen molar-refractivity contribution in [2.24, 2.45) is 0 Å². The average Bonchev–Trinajstić information content (AvgIpc) is 3.25.